The molecule has 4 heteroatoms. The molecule has 3 N–H and O–H groups in total. The van der Waals surface area contributed by atoms with Crippen LogP contribution in [0.4, 0.5) is 5.69 Å². The average molecular weight is 237 g/mol. The predicted octanol–water partition coefficient (Wildman–Crippen LogP) is 2.13. The zero-order valence-corrected chi connectivity index (χ0v) is 10.9. The molecule has 4 nitrogen and oxygen atoms in total. The van der Waals surface area contributed by atoms with Gasteiger partial charge in [0.25, 0.3) is 0 Å². The first-order chi connectivity index (χ1) is 8.24. The maximum atomic E-state index is 6.00. The Morgan fingerprint density at radius 2 is 2.24 bits per heavy atom. The van der Waals surface area contributed by atoms with E-state index < -0.39 is 0 Å². The van der Waals surface area contributed by atoms with Crippen molar-refractivity contribution in [2.24, 2.45) is 0 Å². The molecule has 2 atom stereocenters. The number of ether oxygens (including phenoxy) is 1. The van der Waals surface area contributed by atoms with Crippen LogP contribution in [0.2, 0.25) is 0 Å². The van der Waals surface area contributed by atoms with Crippen molar-refractivity contribution in [3.05, 3.63) is 24.0 Å². The number of rotatable bonds is 7. The molecule has 1 rings (SSSR count). The topological polar surface area (TPSA) is 60.2 Å². The molecular weight excluding hydrogens is 214 g/mol. The summed E-state index contributed by atoms with van der Waals surface area (Å²) in [5.74, 6) is 0. The van der Waals surface area contributed by atoms with Gasteiger partial charge in [0.05, 0.1) is 12.1 Å². The molecule has 1 aromatic heterocycles. The third-order valence-electron chi connectivity index (χ3n) is 2.89. The molecule has 0 aliphatic rings. The van der Waals surface area contributed by atoms with Crippen molar-refractivity contribution in [2.75, 3.05) is 19.4 Å². The van der Waals surface area contributed by atoms with Crippen LogP contribution < -0.4 is 11.1 Å². The number of pyridine rings is 1. The Morgan fingerprint density at radius 1 is 1.47 bits per heavy atom. The van der Waals surface area contributed by atoms with Crippen LogP contribution in [0.3, 0.4) is 0 Å². The zero-order chi connectivity index (χ0) is 12.7. The van der Waals surface area contributed by atoms with Crippen molar-refractivity contribution >= 4 is 5.69 Å². The molecule has 0 aliphatic carbocycles. The number of aromatic nitrogens is 1. The maximum absolute atomic E-state index is 6.00. The number of anilines is 1. The second-order valence-electron chi connectivity index (χ2n) is 4.10. The molecule has 1 heterocycles. The van der Waals surface area contributed by atoms with Crippen LogP contribution in [0.25, 0.3) is 0 Å². The maximum Gasteiger partial charge on any atom is 0.0767 e. The van der Waals surface area contributed by atoms with Gasteiger partial charge in [0.1, 0.15) is 0 Å². The van der Waals surface area contributed by atoms with E-state index in [2.05, 4.69) is 24.1 Å². The van der Waals surface area contributed by atoms with Crippen LogP contribution in [-0.4, -0.2) is 24.7 Å². The Bertz CT molecular complexity index is 330. The van der Waals surface area contributed by atoms with Crippen molar-refractivity contribution in [3.63, 3.8) is 0 Å². The van der Waals surface area contributed by atoms with E-state index in [-0.39, 0.29) is 12.1 Å². The summed E-state index contributed by atoms with van der Waals surface area (Å²) in [5.41, 5.74) is 7.80. The second-order valence-corrected chi connectivity index (χ2v) is 4.10. The van der Waals surface area contributed by atoms with Crippen molar-refractivity contribution in [2.45, 2.75) is 38.8 Å². The molecular formula is C13H23N3O. The molecule has 0 bridgehead atoms. The van der Waals surface area contributed by atoms with Crippen molar-refractivity contribution in [1.82, 2.24) is 10.3 Å². The van der Waals surface area contributed by atoms with Gasteiger partial charge in [-0.25, -0.2) is 0 Å². The molecule has 0 amide bonds. The van der Waals surface area contributed by atoms with Gasteiger partial charge in [0.15, 0.2) is 0 Å². The van der Waals surface area contributed by atoms with Crippen LogP contribution in [0.1, 0.15) is 38.3 Å². The molecule has 0 saturated carbocycles. The summed E-state index contributed by atoms with van der Waals surface area (Å²) in [6.07, 6.45) is 5.75. The summed E-state index contributed by atoms with van der Waals surface area (Å²) in [4.78, 5) is 4.15. The number of hydrogen-bond acceptors (Lipinski definition) is 4. The van der Waals surface area contributed by atoms with Gasteiger partial charge in [0, 0.05) is 30.8 Å². The largest absolute Gasteiger partial charge is 0.398 e. The van der Waals surface area contributed by atoms with Crippen molar-refractivity contribution < 1.29 is 4.74 Å². The highest BCUT2D eigenvalue weighted by atomic mass is 16.5. The van der Waals surface area contributed by atoms with Crippen molar-refractivity contribution in [3.8, 4) is 0 Å². The highest BCUT2D eigenvalue weighted by Crippen LogP contribution is 2.25. The van der Waals surface area contributed by atoms with Gasteiger partial charge in [-0.3, -0.25) is 4.98 Å². The first-order valence-electron chi connectivity index (χ1n) is 6.20. The smallest absolute Gasteiger partial charge is 0.0767 e. The summed E-state index contributed by atoms with van der Waals surface area (Å²) >= 11 is 0. The van der Waals surface area contributed by atoms with Gasteiger partial charge in [0.2, 0.25) is 0 Å². The predicted molar refractivity (Wildman–Crippen MR) is 70.8 cm³/mol. The lowest BCUT2D eigenvalue weighted by atomic mass is 9.98. The van der Waals surface area contributed by atoms with Gasteiger partial charge in [-0.1, -0.05) is 20.3 Å². The third-order valence-corrected chi connectivity index (χ3v) is 2.89. The van der Waals surface area contributed by atoms with Crippen LogP contribution in [0.5, 0.6) is 0 Å². The van der Waals surface area contributed by atoms with Gasteiger partial charge in [-0.2, -0.15) is 0 Å². The first kappa shape index (κ1) is 13.9. The third kappa shape index (κ3) is 3.68. The number of nitrogens with zero attached hydrogens (tertiary/aromatic N) is 1. The highest BCUT2D eigenvalue weighted by Gasteiger charge is 2.23. The van der Waals surface area contributed by atoms with Crippen LogP contribution in [0, 0.1) is 0 Å². The molecule has 0 fully saturated rings. The normalized spacial score (nSPS) is 14.5. The van der Waals surface area contributed by atoms with E-state index in [1.54, 1.807) is 13.3 Å². The Balaban J connectivity index is 2.94. The number of methoxy groups -OCH3 is 1. The molecule has 0 radical (unpaired) electrons. The summed E-state index contributed by atoms with van der Waals surface area (Å²) in [5, 5.41) is 3.43. The molecule has 17 heavy (non-hydrogen) atoms. The van der Waals surface area contributed by atoms with Gasteiger partial charge < -0.3 is 15.8 Å². The Morgan fingerprint density at radius 3 is 2.76 bits per heavy atom. The fourth-order valence-electron chi connectivity index (χ4n) is 2.04. The zero-order valence-electron chi connectivity index (χ0n) is 10.9. The van der Waals surface area contributed by atoms with E-state index >= 15 is 0 Å². The fraction of sp³-hybridized carbons (Fsp3) is 0.615. The molecule has 0 aromatic carbocycles. The summed E-state index contributed by atoms with van der Waals surface area (Å²) in [7, 11) is 1.75. The van der Waals surface area contributed by atoms with Crippen LogP contribution >= 0.6 is 0 Å². The van der Waals surface area contributed by atoms with E-state index in [9.17, 15) is 0 Å². The number of hydrogen-bond donors (Lipinski definition) is 2. The standard InChI is InChI=1S/C13H23N3O/c1-4-6-12(17-3)13(16-5-2)10-9-15-8-7-11(10)14/h7-9,12-13,16H,4-6H2,1-3H3,(H2,14,15). The minimum atomic E-state index is 0.110. The highest BCUT2D eigenvalue weighted by molar-refractivity contribution is 5.46. The lowest BCUT2D eigenvalue weighted by Gasteiger charge is -2.27. The minimum absolute atomic E-state index is 0.110. The molecule has 0 saturated heterocycles. The fourth-order valence-corrected chi connectivity index (χ4v) is 2.04. The summed E-state index contributed by atoms with van der Waals surface area (Å²) < 4.78 is 5.57. The SMILES string of the molecule is CCCC(OC)C(NCC)c1cnccc1N. The molecule has 96 valence electrons. The Kier molecular flexibility index (Phi) is 5.94. The minimum Gasteiger partial charge on any atom is -0.398 e. The summed E-state index contributed by atoms with van der Waals surface area (Å²) in [6.45, 7) is 5.11. The summed E-state index contributed by atoms with van der Waals surface area (Å²) in [6, 6.07) is 1.94. The van der Waals surface area contributed by atoms with Gasteiger partial charge >= 0.3 is 0 Å². The lowest BCUT2D eigenvalue weighted by Crippen LogP contribution is -2.33. The van der Waals surface area contributed by atoms with Crippen molar-refractivity contribution in [1.29, 1.82) is 0 Å². The number of nitrogens with one attached hydrogen (secondary N) is 1. The van der Waals surface area contributed by atoms with E-state index in [4.69, 9.17) is 10.5 Å². The molecule has 0 aliphatic heterocycles. The van der Waals surface area contributed by atoms with Gasteiger partial charge in [-0.15, -0.1) is 0 Å². The number of likely N-dealkylation sites (N-methyl/N-ethyl adjacent to an activating group) is 1. The first-order valence-corrected chi connectivity index (χ1v) is 6.20. The van der Waals surface area contributed by atoms with Crippen LogP contribution in [0.15, 0.2) is 18.5 Å². The second kappa shape index (κ2) is 7.25. The molecule has 2 unspecified atom stereocenters. The molecule has 0 spiro atoms. The van der Waals surface area contributed by atoms with Crippen LogP contribution in [-0.2, 0) is 4.74 Å². The van der Waals surface area contributed by atoms with E-state index in [1.165, 1.54) is 0 Å². The lowest BCUT2D eigenvalue weighted by molar-refractivity contribution is 0.0612. The Hall–Kier alpha value is -1.13. The average Bonchev–Trinajstić information content (AvgIpc) is 2.34. The Labute approximate surface area is 104 Å². The quantitative estimate of drug-likeness (QED) is 0.762. The monoisotopic (exact) mass is 237 g/mol. The van der Waals surface area contributed by atoms with E-state index in [1.807, 2.05) is 12.3 Å². The molecule has 1 aromatic rings. The number of nitrogen functional groups attached to an aromatic ring is 1. The van der Waals surface area contributed by atoms with E-state index in [0.717, 1.165) is 30.6 Å². The van der Waals surface area contributed by atoms with E-state index in [0.29, 0.717) is 0 Å². The van der Waals surface area contributed by atoms with Gasteiger partial charge in [-0.05, 0) is 19.0 Å². The number of nitrogens with two attached hydrogens (primary N) is 1.